The summed E-state index contributed by atoms with van der Waals surface area (Å²) in [6.07, 6.45) is -7.89. The van der Waals surface area contributed by atoms with Gasteiger partial charge in [0.1, 0.15) is 0 Å². The summed E-state index contributed by atoms with van der Waals surface area (Å²) in [5.74, 6) is 0.148. The zero-order valence-corrected chi connectivity index (χ0v) is 11.3. The van der Waals surface area contributed by atoms with Crippen molar-refractivity contribution in [2.24, 2.45) is 0 Å². The van der Waals surface area contributed by atoms with Gasteiger partial charge in [-0.05, 0) is 14.1 Å². The summed E-state index contributed by atoms with van der Waals surface area (Å²) in [4.78, 5) is 8.08. The predicted molar refractivity (Wildman–Crippen MR) is 62.9 cm³/mol. The normalized spacial score (nSPS) is 24.0. The van der Waals surface area contributed by atoms with E-state index in [-0.39, 0.29) is 11.9 Å². The Kier molecular flexibility index (Phi) is 4.31. The number of piperazine rings is 1. The van der Waals surface area contributed by atoms with Crippen LogP contribution >= 0.6 is 0 Å². The zero-order chi connectivity index (χ0) is 14.9. The van der Waals surface area contributed by atoms with Gasteiger partial charge in [0.05, 0.1) is 12.5 Å². The molecule has 0 saturated carbocycles. The fourth-order valence-electron chi connectivity index (χ4n) is 2.06. The molecule has 1 aliphatic heterocycles. The van der Waals surface area contributed by atoms with Crippen LogP contribution in [0, 0.1) is 0 Å². The maximum absolute atomic E-state index is 12.3. The molecule has 1 saturated heterocycles. The first-order chi connectivity index (χ1) is 9.27. The molecular weight excluding hydrogens is 277 g/mol. The summed E-state index contributed by atoms with van der Waals surface area (Å²) in [6, 6.07) is -0.116. The van der Waals surface area contributed by atoms with E-state index in [1.165, 1.54) is 0 Å². The number of likely N-dealkylation sites (N-methyl/N-ethyl adjacent to an activating group) is 2. The number of alkyl halides is 3. The minimum Gasteiger partial charge on any atom is -0.383 e. The van der Waals surface area contributed by atoms with Gasteiger partial charge in [0.15, 0.2) is 11.9 Å². The molecule has 9 heteroatoms. The van der Waals surface area contributed by atoms with E-state index in [4.69, 9.17) is 9.63 Å². The fourth-order valence-corrected chi connectivity index (χ4v) is 2.06. The number of halogens is 3. The molecule has 0 aromatic carbocycles. The van der Waals surface area contributed by atoms with Crippen molar-refractivity contribution >= 4 is 0 Å². The summed E-state index contributed by atoms with van der Waals surface area (Å²) >= 11 is 0. The van der Waals surface area contributed by atoms with Crippen molar-refractivity contribution in [3.8, 4) is 0 Å². The molecule has 1 aromatic rings. The fraction of sp³-hybridized carbons (Fsp3) is 0.818. The van der Waals surface area contributed by atoms with Crippen molar-refractivity contribution in [1.82, 2.24) is 19.9 Å². The Morgan fingerprint density at radius 2 is 2.10 bits per heavy atom. The molecule has 2 atom stereocenters. The highest BCUT2D eigenvalue weighted by Crippen LogP contribution is 2.24. The highest BCUT2D eigenvalue weighted by atomic mass is 19.4. The molecule has 2 rings (SSSR count). The van der Waals surface area contributed by atoms with Crippen molar-refractivity contribution in [2.45, 2.75) is 24.7 Å². The standard InChI is InChI=1S/C11H17F3N4O2/c1-17-3-4-18(2)7(6-17)10-15-9(20-16-10)5-8(19)11(12,13)14/h7-8,19H,3-6H2,1-2H3. The second-order valence-electron chi connectivity index (χ2n) is 5.07. The number of hydrogen-bond acceptors (Lipinski definition) is 6. The van der Waals surface area contributed by atoms with Crippen molar-refractivity contribution in [1.29, 1.82) is 0 Å². The molecular formula is C11H17F3N4O2. The van der Waals surface area contributed by atoms with Crippen LogP contribution in [0.4, 0.5) is 13.2 Å². The van der Waals surface area contributed by atoms with Crippen molar-refractivity contribution in [3.63, 3.8) is 0 Å². The molecule has 0 spiro atoms. The number of nitrogens with zero attached hydrogens (tertiary/aromatic N) is 4. The van der Waals surface area contributed by atoms with E-state index < -0.39 is 18.7 Å². The number of hydrogen-bond donors (Lipinski definition) is 1. The molecule has 0 radical (unpaired) electrons. The first-order valence-electron chi connectivity index (χ1n) is 6.23. The molecule has 1 fully saturated rings. The van der Waals surface area contributed by atoms with Gasteiger partial charge in [-0.25, -0.2) is 0 Å². The minimum absolute atomic E-state index is 0.116. The third-order valence-corrected chi connectivity index (χ3v) is 3.38. The Labute approximate surface area is 114 Å². The highest BCUT2D eigenvalue weighted by Gasteiger charge is 2.39. The number of aromatic nitrogens is 2. The molecule has 114 valence electrons. The van der Waals surface area contributed by atoms with Gasteiger partial charge in [-0.3, -0.25) is 4.90 Å². The minimum atomic E-state index is -4.68. The second-order valence-corrected chi connectivity index (χ2v) is 5.07. The van der Waals surface area contributed by atoms with Crippen LogP contribution in [-0.4, -0.2) is 71.1 Å². The predicted octanol–water partition coefficient (Wildman–Crippen LogP) is 0.454. The SMILES string of the molecule is CN1CCN(C)C(c2noc(CC(O)C(F)(F)F)n2)C1. The van der Waals surface area contributed by atoms with E-state index in [0.717, 1.165) is 13.1 Å². The van der Waals surface area contributed by atoms with Crippen LogP contribution in [0.1, 0.15) is 17.8 Å². The third-order valence-electron chi connectivity index (χ3n) is 3.38. The van der Waals surface area contributed by atoms with Gasteiger partial charge >= 0.3 is 6.18 Å². The van der Waals surface area contributed by atoms with Crippen LogP contribution in [-0.2, 0) is 6.42 Å². The lowest BCUT2D eigenvalue weighted by Gasteiger charge is -2.35. The molecule has 1 aromatic heterocycles. The Morgan fingerprint density at radius 1 is 1.40 bits per heavy atom. The van der Waals surface area contributed by atoms with Gasteiger partial charge in [-0.1, -0.05) is 5.16 Å². The van der Waals surface area contributed by atoms with Crippen LogP contribution in [0.15, 0.2) is 4.52 Å². The van der Waals surface area contributed by atoms with Crippen LogP contribution < -0.4 is 0 Å². The van der Waals surface area contributed by atoms with Gasteiger partial charge < -0.3 is 14.5 Å². The quantitative estimate of drug-likeness (QED) is 0.873. The summed E-state index contributed by atoms with van der Waals surface area (Å²) in [6.45, 7) is 2.40. The van der Waals surface area contributed by atoms with Gasteiger partial charge in [0.2, 0.25) is 5.89 Å². The first kappa shape index (κ1) is 15.2. The molecule has 0 aliphatic carbocycles. The summed E-state index contributed by atoms with van der Waals surface area (Å²) in [5.41, 5.74) is 0. The van der Waals surface area contributed by atoms with Crippen molar-refractivity contribution in [2.75, 3.05) is 33.7 Å². The zero-order valence-electron chi connectivity index (χ0n) is 11.3. The third kappa shape index (κ3) is 3.47. The van der Waals surface area contributed by atoms with Crippen LogP contribution in [0.3, 0.4) is 0 Å². The number of aliphatic hydroxyl groups excluding tert-OH is 1. The summed E-state index contributed by atoms with van der Waals surface area (Å²) in [7, 11) is 3.85. The van der Waals surface area contributed by atoms with E-state index in [1.807, 2.05) is 19.0 Å². The number of rotatable bonds is 3. The lowest BCUT2D eigenvalue weighted by atomic mass is 10.2. The van der Waals surface area contributed by atoms with E-state index in [9.17, 15) is 13.2 Å². The van der Waals surface area contributed by atoms with Gasteiger partial charge in [-0.15, -0.1) is 0 Å². The summed E-state index contributed by atoms with van der Waals surface area (Å²) < 4.78 is 41.6. The molecule has 0 bridgehead atoms. The molecule has 1 N–H and O–H groups in total. The maximum Gasteiger partial charge on any atom is 0.414 e. The molecule has 1 aliphatic rings. The lowest BCUT2D eigenvalue weighted by molar-refractivity contribution is -0.204. The molecule has 20 heavy (non-hydrogen) atoms. The van der Waals surface area contributed by atoms with E-state index in [0.29, 0.717) is 12.4 Å². The summed E-state index contributed by atoms with van der Waals surface area (Å²) in [5, 5.41) is 12.7. The average molecular weight is 294 g/mol. The highest BCUT2D eigenvalue weighted by molar-refractivity contribution is 4.99. The molecule has 6 nitrogen and oxygen atoms in total. The largest absolute Gasteiger partial charge is 0.414 e. The van der Waals surface area contributed by atoms with Crippen molar-refractivity contribution in [3.05, 3.63) is 11.7 Å². The second kappa shape index (κ2) is 5.66. The van der Waals surface area contributed by atoms with Gasteiger partial charge in [0.25, 0.3) is 0 Å². The van der Waals surface area contributed by atoms with E-state index in [1.54, 1.807) is 0 Å². The maximum atomic E-state index is 12.3. The van der Waals surface area contributed by atoms with E-state index in [2.05, 4.69) is 15.0 Å². The topological polar surface area (TPSA) is 65.6 Å². The van der Waals surface area contributed by atoms with Crippen molar-refractivity contribution < 1.29 is 22.8 Å². The van der Waals surface area contributed by atoms with Crippen LogP contribution in [0.2, 0.25) is 0 Å². The van der Waals surface area contributed by atoms with Crippen LogP contribution in [0.25, 0.3) is 0 Å². The monoisotopic (exact) mass is 294 g/mol. The Hall–Kier alpha value is -1.19. The molecule has 0 amide bonds. The smallest absolute Gasteiger partial charge is 0.383 e. The van der Waals surface area contributed by atoms with E-state index >= 15 is 0 Å². The Bertz CT molecular complexity index is 451. The van der Waals surface area contributed by atoms with Gasteiger partial charge in [0, 0.05) is 19.6 Å². The number of aliphatic hydroxyl groups is 1. The average Bonchev–Trinajstić information content (AvgIpc) is 2.79. The first-order valence-corrected chi connectivity index (χ1v) is 6.23. The molecule has 2 heterocycles. The lowest BCUT2D eigenvalue weighted by Crippen LogP contribution is -2.45. The Balaban J connectivity index is 2.05. The van der Waals surface area contributed by atoms with Crippen LogP contribution in [0.5, 0.6) is 0 Å². The Morgan fingerprint density at radius 3 is 2.75 bits per heavy atom. The molecule has 2 unspecified atom stereocenters. The van der Waals surface area contributed by atoms with Gasteiger partial charge in [-0.2, -0.15) is 18.2 Å².